The number of nitrogens with zero attached hydrogens (tertiary/aromatic N) is 1. The summed E-state index contributed by atoms with van der Waals surface area (Å²) in [7, 11) is -2.73. The molecule has 9 heteroatoms. The fourth-order valence-electron chi connectivity index (χ4n) is 1.75. The zero-order valence-electron chi connectivity index (χ0n) is 10.7. The minimum Gasteiger partial charge on any atom is -0.494 e. The average molecular weight is 332 g/mol. The highest BCUT2D eigenvalue weighted by Crippen LogP contribution is 2.33. The Balaban J connectivity index is 2.59. The molecule has 0 aliphatic rings. The molecule has 0 atom stereocenters. The molecule has 1 aromatic carbocycles. The van der Waals surface area contributed by atoms with Crippen molar-refractivity contribution in [1.29, 1.82) is 0 Å². The van der Waals surface area contributed by atoms with Gasteiger partial charge in [-0.3, -0.25) is 0 Å². The second-order valence-corrected chi connectivity index (χ2v) is 6.42. The number of carboxylic acids is 1. The summed E-state index contributed by atoms with van der Waals surface area (Å²) in [6, 6.07) is 3.65. The van der Waals surface area contributed by atoms with Crippen molar-refractivity contribution in [1.82, 2.24) is 5.16 Å². The van der Waals surface area contributed by atoms with Gasteiger partial charge in [0.1, 0.15) is 16.2 Å². The number of sulfone groups is 1. The normalized spacial score (nSPS) is 11.3. The molecule has 1 heterocycles. The van der Waals surface area contributed by atoms with Crippen molar-refractivity contribution in [3.8, 4) is 5.75 Å². The second kappa shape index (κ2) is 5.74. The third-order valence-corrected chi connectivity index (χ3v) is 4.47. The van der Waals surface area contributed by atoms with Crippen LogP contribution in [0.1, 0.15) is 16.1 Å². The first-order chi connectivity index (χ1) is 9.85. The number of benzene rings is 1. The molecule has 7 nitrogen and oxygen atoms in total. The maximum absolute atomic E-state index is 12.4. The molecule has 1 aromatic heterocycles. The van der Waals surface area contributed by atoms with Crippen molar-refractivity contribution in [2.45, 2.75) is 10.6 Å². The second-order valence-electron chi connectivity index (χ2n) is 4.03. The van der Waals surface area contributed by atoms with Crippen molar-refractivity contribution in [2.24, 2.45) is 0 Å². The lowest BCUT2D eigenvalue weighted by molar-refractivity contribution is 0.0693. The molecule has 1 N–H and O–H groups in total. The van der Waals surface area contributed by atoms with Crippen molar-refractivity contribution in [3.63, 3.8) is 0 Å². The van der Waals surface area contributed by atoms with E-state index in [2.05, 4.69) is 5.16 Å². The Morgan fingerprint density at radius 3 is 2.71 bits per heavy atom. The molecule has 2 aromatic rings. The highest BCUT2D eigenvalue weighted by molar-refractivity contribution is 7.90. The van der Waals surface area contributed by atoms with E-state index in [1.54, 1.807) is 0 Å². The summed E-state index contributed by atoms with van der Waals surface area (Å²) in [5.41, 5.74) is -0.332. The van der Waals surface area contributed by atoms with Gasteiger partial charge in [0.25, 0.3) is 0 Å². The minimum absolute atomic E-state index is 0.0238. The zero-order chi connectivity index (χ0) is 15.6. The van der Waals surface area contributed by atoms with Crippen LogP contribution in [0.15, 0.2) is 33.8 Å². The summed E-state index contributed by atoms with van der Waals surface area (Å²) in [6.45, 7) is 0. The Bertz CT molecular complexity index is 769. The number of rotatable bonds is 5. The number of aromatic nitrogens is 1. The van der Waals surface area contributed by atoms with Gasteiger partial charge in [0.05, 0.1) is 13.3 Å². The van der Waals surface area contributed by atoms with Crippen LogP contribution in [0.3, 0.4) is 0 Å². The molecular formula is C12H10ClNO6S. The van der Waals surface area contributed by atoms with Crippen molar-refractivity contribution >= 4 is 27.4 Å². The van der Waals surface area contributed by atoms with E-state index >= 15 is 0 Å². The van der Waals surface area contributed by atoms with Gasteiger partial charge in [0.15, 0.2) is 21.3 Å². The summed E-state index contributed by atoms with van der Waals surface area (Å²) in [5.74, 6) is -1.98. The van der Waals surface area contributed by atoms with Gasteiger partial charge < -0.3 is 14.4 Å². The summed E-state index contributed by atoms with van der Waals surface area (Å²) < 4.78 is 34.5. The first-order valence-electron chi connectivity index (χ1n) is 5.58. The summed E-state index contributed by atoms with van der Waals surface area (Å²) in [6.07, 6.45) is 1.31. The third kappa shape index (κ3) is 3.17. The van der Waals surface area contributed by atoms with Gasteiger partial charge in [0, 0.05) is 11.1 Å². The van der Waals surface area contributed by atoms with Crippen molar-refractivity contribution in [3.05, 3.63) is 40.7 Å². The van der Waals surface area contributed by atoms with E-state index in [1.165, 1.54) is 19.4 Å². The maximum atomic E-state index is 12.4. The Labute approximate surface area is 125 Å². The first-order valence-corrected chi connectivity index (χ1v) is 7.61. The highest BCUT2D eigenvalue weighted by atomic mass is 35.5. The summed E-state index contributed by atoms with van der Waals surface area (Å²) >= 11 is 5.79. The van der Waals surface area contributed by atoms with E-state index in [4.69, 9.17) is 26.0 Å². The number of halogens is 1. The fourth-order valence-corrected chi connectivity index (χ4v) is 3.49. The number of hydrogen-bond donors (Lipinski definition) is 1. The number of carbonyl (C=O) groups is 1. The number of methoxy groups -OCH3 is 1. The maximum Gasteiger partial charge on any atom is 0.339 e. The molecule has 0 radical (unpaired) electrons. The quantitative estimate of drug-likeness (QED) is 0.892. The van der Waals surface area contributed by atoms with Crippen LogP contribution in [-0.2, 0) is 15.6 Å². The lowest BCUT2D eigenvalue weighted by Gasteiger charge is -2.12. The smallest absolute Gasteiger partial charge is 0.339 e. The van der Waals surface area contributed by atoms with Gasteiger partial charge in [-0.15, -0.1) is 0 Å². The molecule has 0 saturated carbocycles. The highest BCUT2D eigenvalue weighted by Gasteiger charge is 2.27. The van der Waals surface area contributed by atoms with Crippen molar-refractivity contribution in [2.75, 3.05) is 7.11 Å². The van der Waals surface area contributed by atoms with Crippen LogP contribution >= 0.6 is 11.6 Å². The van der Waals surface area contributed by atoms with Gasteiger partial charge in [-0.2, -0.15) is 0 Å². The topological polar surface area (TPSA) is 107 Å². The van der Waals surface area contributed by atoms with E-state index in [0.29, 0.717) is 0 Å². The summed E-state index contributed by atoms with van der Waals surface area (Å²) in [4.78, 5) is 10.9. The third-order valence-electron chi connectivity index (χ3n) is 2.61. The monoisotopic (exact) mass is 331 g/mol. The van der Waals surface area contributed by atoms with Crippen LogP contribution in [-0.4, -0.2) is 31.8 Å². The van der Waals surface area contributed by atoms with Crippen LogP contribution in [0.25, 0.3) is 0 Å². The minimum atomic E-state index is -3.91. The molecule has 0 saturated heterocycles. The van der Waals surface area contributed by atoms with Crippen LogP contribution < -0.4 is 4.74 Å². The molecule has 21 heavy (non-hydrogen) atoms. The lowest BCUT2D eigenvalue weighted by atomic mass is 10.2. The van der Waals surface area contributed by atoms with Gasteiger partial charge in [-0.1, -0.05) is 16.8 Å². The Kier molecular flexibility index (Phi) is 4.19. The molecule has 0 bridgehead atoms. The van der Waals surface area contributed by atoms with Gasteiger partial charge in [-0.25, -0.2) is 13.2 Å². The molecule has 0 aliphatic heterocycles. The van der Waals surface area contributed by atoms with E-state index in [0.717, 1.165) is 12.1 Å². The number of aromatic carboxylic acids is 1. The molecule has 0 fully saturated rings. The Hall–Kier alpha value is -2.06. The van der Waals surface area contributed by atoms with Crippen LogP contribution in [0, 0.1) is 0 Å². The van der Waals surface area contributed by atoms with E-state index in [-0.39, 0.29) is 27.0 Å². The molecule has 0 aliphatic carbocycles. The lowest BCUT2D eigenvalue weighted by Crippen LogP contribution is -2.10. The largest absolute Gasteiger partial charge is 0.494 e. The van der Waals surface area contributed by atoms with E-state index < -0.39 is 21.6 Å². The number of hydrogen-bond acceptors (Lipinski definition) is 6. The molecule has 0 amide bonds. The van der Waals surface area contributed by atoms with Crippen LogP contribution in [0.2, 0.25) is 5.02 Å². The van der Waals surface area contributed by atoms with Gasteiger partial charge in [-0.05, 0) is 12.1 Å². The number of carboxylic acid groups (broad SMARTS) is 1. The predicted octanol–water partition coefficient (Wildman–Crippen LogP) is 2.01. The fraction of sp³-hybridized carbons (Fsp3) is 0.167. The van der Waals surface area contributed by atoms with E-state index in [1.807, 2.05) is 0 Å². The van der Waals surface area contributed by atoms with Crippen LogP contribution in [0.5, 0.6) is 5.75 Å². The zero-order valence-corrected chi connectivity index (χ0v) is 12.3. The average Bonchev–Trinajstić information content (AvgIpc) is 2.89. The Morgan fingerprint density at radius 1 is 1.48 bits per heavy atom. The van der Waals surface area contributed by atoms with E-state index in [9.17, 15) is 13.2 Å². The predicted molar refractivity (Wildman–Crippen MR) is 72.4 cm³/mol. The van der Waals surface area contributed by atoms with Crippen LogP contribution in [0.4, 0.5) is 0 Å². The molecule has 0 unspecified atom stereocenters. The SMILES string of the molecule is COc1c(C(=O)O)cc(Cl)cc1S(=O)(=O)Cc1ccno1. The summed E-state index contributed by atoms with van der Waals surface area (Å²) in [5, 5.41) is 12.5. The molecule has 0 spiro atoms. The molecule has 112 valence electrons. The molecular weight excluding hydrogens is 322 g/mol. The van der Waals surface area contributed by atoms with Crippen molar-refractivity contribution < 1.29 is 27.6 Å². The molecule has 2 rings (SSSR count). The first kappa shape index (κ1) is 15.3. The standard InChI is InChI=1S/C12H10ClNO6S/c1-19-11-9(12(15)16)4-7(13)5-10(11)21(17,18)6-8-2-3-14-20-8/h2-5H,6H2,1H3,(H,15,16). The Morgan fingerprint density at radius 2 is 2.19 bits per heavy atom. The van der Waals surface area contributed by atoms with Gasteiger partial charge >= 0.3 is 5.97 Å². The van der Waals surface area contributed by atoms with Gasteiger partial charge in [0.2, 0.25) is 0 Å². The number of ether oxygens (including phenoxy) is 1.